The van der Waals surface area contributed by atoms with Crippen LogP contribution in [0.4, 0.5) is 0 Å². The Bertz CT molecular complexity index is 289. The number of esters is 1. The molecule has 0 heterocycles. The van der Waals surface area contributed by atoms with Gasteiger partial charge in [0.2, 0.25) is 0 Å². The Hall–Kier alpha value is -0.870. The highest BCUT2D eigenvalue weighted by atomic mass is 17.1. The molecule has 0 fully saturated rings. The minimum Gasteiger partial charge on any atom is -0.469 e. The first-order chi connectivity index (χ1) is 11.2. The van der Waals surface area contributed by atoms with Crippen LogP contribution in [0, 0.1) is 0 Å². The molecule has 0 aromatic heterocycles. The standard InChI is InChI=1S/C19H36O4/c1-3-4-5-6-7-9-12-15-18(23-21)16-13-10-8-11-14-17-19(20)22-2/h7,9,18,21H,3-6,8,10-17H2,1-2H3/b9-7-. The van der Waals surface area contributed by atoms with E-state index in [1.54, 1.807) is 0 Å². The number of carbonyl (C=O) groups is 1. The molecule has 0 saturated carbocycles. The molecule has 0 aromatic rings. The summed E-state index contributed by atoms with van der Waals surface area (Å²) in [5.41, 5.74) is 0. The van der Waals surface area contributed by atoms with Crippen LogP contribution in [0.5, 0.6) is 0 Å². The average Bonchev–Trinajstić information content (AvgIpc) is 2.57. The topological polar surface area (TPSA) is 55.8 Å². The SMILES string of the molecule is CCCCC/C=C\CCC(CCCCCCCC(=O)OC)OO. The van der Waals surface area contributed by atoms with E-state index in [0.29, 0.717) is 6.42 Å². The van der Waals surface area contributed by atoms with Crippen LogP contribution in [-0.4, -0.2) is 24.4 Å². The first-order valence-electron chi connectivity index (χ1n) is 9.26. The largest absolute Gasteiger partial charge is 0.469 e. The Balaban J connectivity index is 3.46. The van der Waals surface area contributed by atoms with E-state index >= 15 is 0 Å². The van der Waals surface area contributed by atoms with Crippen LogP contribution in [-0.2, 0) is 14.4 Å². The molecule has 0 aliphatic carbocycles. The first-order valence-corrected chi connectivity index (χ1v) is 9.26. The lowest BCUT2D eigenvalue weighted by molar-refractivity contribution is -0.281. The number of unbranched alkanes of at least 4 members (excludes halogenated alkanes) is 7. The molecule has 0 amide bonds. The van der Waals surface area contributed by atoms with Crippen molar-refractivity contribution in [1.29, 1.82) is 0 Å². The van der Waals surface area contributed by atoms with Crippen LogP contribution in [0.15, 0.2) is 12.2 Å². The number of ether oxygens (including phenoxy) is 1. The third kappa shape index (κ3) is 15.8. The van der Waals surface area contributed by atoms with Gasteiger partial charge in [-0.2, -0.15) is 0 Å². The van der Waals surface area contributed by atoms with Crippen LogP contribution in [0.1, 0.15) is 90.4 Å². The molecule has 0 bridgehead atoms. The summed E-state index contributed by atoms with van der Waals surface area (Å²) in [6.45, 7) is 2.21. The van der Waals surface area contributed by atoms with E-state index in [0.717, 1.165) is 57.8 Å². The second-order valence-corrected chi connectivity index (χ2v) is 6.15. The Labute approximate surface area is 142 Å². The third-order valence-electron chi connectivity index (χ3n) is 4.08. The summed E-state index contributed by atoms with van der Waals surface area (Å²) in [6.07, 6.45) is 17.9. The van der Waals surface area contributed by atoms with Gasteiger partial charge in [0.25, 0.3) is 0 Å². The number of hydrogen-bond acceptors (Lipinski definition) is 4. The van der Waals surface area contributed by atoms with E-state index < -0.39 is 0 Å². The highest BCUT2D eigenvalue weighted by Crippen LogP contribution is 2.14. The summed E-state index contributed by atoms with van der Waals surface area (Å²) < 4.78 is 4.61. The summed E-state index contributed by atoms with van der Waals surface area (Å²) in [6, 6.07) is 0. The van der Waals surface area contributed by atoms with Gasteiger partial charge in [0, 0.05) is 6.42 Å². The molecule has 0 radical (unpaired) electrons. The van der Waals surface area contributed by atoms with Gasteiger partial charge in [0.1, 0.15) is 0 Å². The van der Waals surface area contributed by atoms with E-state index in [4.69, 9.17) is 5.26 Å². The smallest absolute Gasteiger partial charge is 0.305 e. The number of methoxy groups -OCH3 is 1. The van der Waals surface area contributed by atoms with Crippen molar-refractivity contribution in [2.45, 2.75) is 96.5 Å². The van der Waals surface area contributed by atoms with Crippen molar-refractivity contribution in [3.8, 4) is 0 Å². The summed E-state index contributed by atoms with van der Waals surface area (Å²) in [5, 5.41) is 8.95. The van der Waals surface area contributed by atoms with Crippen molar-refractivity contribution in [3.63, 3.8) is 0 Å². The number of carbonyl (C=O) groups excluding carboxylic acids is 1. The van der Waals surface area contributed by atoms with Gasteiger partial charge in [-0.05, 0) is 38.5 Å². The van der Waals surface area contributed by atoms with Gasteiger partial charge in [0.05, 0.1) is 13.2 Å². The van der Waals surface area contributed by atoms with Gasteiger partial charge >= 0.3 is 5.97 Å². The van der Waals surface area contributed by atoms with Crippen molar-refractivity contribution in [2.75, 3.05) is 7.11 Å². The molecule has 4 heteroatoms. The molecule has 4 nitrogen and oxygen atoms in total. The maximum Gasteiger partial charge on any atom is 0.305 e. The number of hydrogen-bond donors (Lipinski definition) is 1. The quantitative estimate of drug-likeness (QED) is 0.130. The van der Waals surface area contributed by atoms with Crippen LogP contribution in [0.25, 0.3) is 0 Å². The molecular formula is C19H36O4. The zero-order valence-corrected chi connectivity index (χ0v) is 15.1. The first kappa shape index (κ1) is 22.1. The predicted molar refractivity (Wildman–Crippen MR) is 94.4 cm³/mol. The third-order valence-corrected chi connectivity index (χ3v) is 4.08. The van der Waals surface area contributed by atoms with Gasteiger partial charge < -0.3 is 4.74 Å². The highest BCUT2D eigenvalue weighted by Gasteiger charge is 2.07. The monoisotopic (exact) mass is 328 g/mol. The lowest BCUT2D eigenvalue weighted by Gasteiger charge is -2.11. The number of rotatable bonds is 16. The van der Waals surface area contributed by atoms with Crippen LogP contribution in [0.3, 0.4) is 0 Å². The van der Waals surface area contributed by atoms with Crippen LogP contribution < -0.4 is 0 Å². The average molecular weight is 328 g/mol. The van der Waals surface area contributed by atoms with Gasteiger partial charge in [0.15, 0.2) is 0 Å². The minimum atomic E-state index is -0.124. The molecule has 1 N–H and O–H groups in total. The Morgan fingerprint density at radius 2 is 1.65 bits per heavy atom. The molecule has 0 aliphatic rings. The van der Waals surface area contributed by atoms with Crippen molar-refractivity contribution in [3.05, 3.63) is 12.2 Å². The lowest BCUT2D eigenvalue weighted by atomic mass is 10.0. The zero-order valence-electron chi connectivity index (χ0n) is 15.1. The highest BCUT2D eigenvalue weighted by molar-refractivity contribution is 5.68. The maximum atomic E-state index is 11.0. The Kier molecular flexibility index (Phi) is 16.8. The van der Waals surface area contributed by atoms with E-state index in [1.165, 1.54) is 26.4 Å². The molecule has 0 aromatic carbocycles. The molecule has 1 atom stereocenters. The molecule has 23 heavy (non-hydrogen) atoms. The van der Waals surface area contributed by atoms with Crippen molar-refractivity contribution < 1.29 is 19.7 Å². The Morgan fingerprint density at radius 3 is 2.35 bits per heavy atom. The van der Waals surface area contributed by atoms with Crippen LogP contribution in [0.2, 0.25) is 0 Å². The molecule has 0 rings (SSSR count). The molecule has 0 aliphatic heterocycles. The fourth-order valence-electron chi connectivity index (χ4n) is 2.55. The van der Waals surface area contributed by atoms with E-state index in [2.05, 4.69) is 28.7 Å². The minimum absolute atomic E-state index is 0.0506. The van der Waals surface area contributed by atoms with Crippen molar-refractivity contribution in [1.82, 2.24) is 0 Å². The Morgan fingerprint density at radius 1 is 0.957 bits per heavy atom. The summed E-state index contributed by atoms with van der Waals surface area (Å²) in [7, 11) is 1.43. The second-order valence-electron chi connectivity index (χ2n) is 6.15. The van der Waals surface area contributed by atoms with Gasteiger partial charge in [-0.25, -0.2) is 4.89 Å². The molecule has 1 unspecified atom stereocenters. The van der Waals surface area contributed by atoms with Crippen LogP contribution >= 0.6 is 0 Å². The fraction of sp³-hybridized carbons (Fsp3) is 0.842. The molecular weight excluding hydrogens is 292 g/mol. The molecule has 136 valence electrons. The number of allylic oxidation sites excluding steroid dienone is 2. The summed E-state index contributed by atoms with van der Waals surface area (Å²) in [4.78, 5) is 15.5. The predicted octanol–water partition coefficient (Wildman–Crippen LogP) is 5.67. The van der Waals surface area contributed by atoms with Gasteiger partial charge in [-0.15, -0.1) is 0 Å². The summed E-state index contributed by atoms with van der Waals surface area (Å²) >= 11 is 0. The van der Waals surface area contributed by atoms with Gasteiger partial charge in [-0.1, -0.05) is 57.6 Å². The zero-order chi connectivity index (χ0) is 17.2. The van der Waals surface area contributed by atoms with E-state index in [9.17, 15) is 4.79 Å². The van der Waals surface area contributed by atoms with E-state index in [1.807, 2.05) is 0 Å². The fourth-order valence-corrected chi connectivity index (χ4v) is 2.55. The summed E-state index contributed by atoms with van der Waals surface area (Å²) in [5.74, 6) is -0.124. The van der Waals surface area contributed by atoms with Crippen molar-refractivity contribution >= 4 is 5.97 Å². The van der Waals surface area contributed by atoms with Gasteiger partial charge in [-0.3, -0.25) is 10.1 Å². The maximum absolute atomic E-state index is 11.0. The molecule has 0 spiro atoms. The second kappa shape index (κ2) is 17.5. The van der Waals surface area contributed by atoms with E-state index in [-0.39, 0.29) is 12.1 Å². The lowest BCUT2D eigenvalue weighted by Crippen LogP contribution is -2.10. The normalized spacial score (nSPS) is 12.7. The van der Waals surface area contributed by atoms with Crippen molar-refractivity contribution in [2.24, 2.45) is 0 Å². The molecule has 0 saturated heterocycles.